The van der Waals surface area contributed by atoms with Crippen LogP contribution in [-0.4, -0.2) is 27.5 Å². The number of hydrogen-bond donors (Lipinski definition) is 1. The van der Waals surface area contributed by atoms with E-state index < -0.39 is 12.0 Å². The van der Waals surface area contributed by atoms with Crippen molar-refractivity contribution in [1.29, 1.82) is 0 Å². The lowest BCUT2D eigenvalue weighted by Gasteiger charge is -2.28. The molecule has 0 saturated carbocycles. The Morgan fingerprint density at radius 1 is 1.35 bits per heavy atom. The summed E-state index contributed by atoms with van der Waals surface area (Å²) < 4.78 is 1.16. The molecule has 1 aliphatic rings. The van der Waals surface area contributed by atoms with E-state index in [-0.39, 0.29) is 6.04 Å². The Bertz CT molecular complexity index is 795. The summed E-state index contributed by atoms with van der Waals surface area (Å²) in [5, 5.41) is 14.7. The van der Waals surface area contributed by atoms with Gasteiger partial charge in [0.25, 0.3) is 0 Å². The minimum absolute atomic E-state index is 0.0911. The Morgan fingerprint density at radius 3 is 2.96 bits per heavy atom. The maximum absolute atomic E-state index is 11.9. The summed E-state index contributed by atoms with van der Waals surface area (Å²) in [5.41, 5.74) is 1.87. The average Bonchev–Trinajstić information content (AvgIpc) is 3.27. The average molecular weight is 344 g/mol. The first-order valence-corrected chi connectivity index (χ1v) is 9.36. The Morgan fingerprint density at radius 2 is 2.22 bits per heavy atom. The van der Waals surface area contributed by atoms with E-state index in [9.17, 15) is 9.90 Å². The molecule has 1 aromatic carbocycles. The van der Waals surface area contributed by atoms with Crippen LogP contribution in [-0.2, 0) is 4.79 Å². The van der Waals surface area contributed by atoms with Gasteiger partial charge in [-0.3, -0.25) is 9.69 Å². The molecule has 1 N–H and O–H groups in total. The molecule has 1 fully saturated rings. The molecule has 2 atom stereocenters. The van der Waals surface area contributed by atoms with Crippen LogP contribution >= 0.6 is 22.7 Å². The number of benzene rings is 1. The zero-order valence-corrected chi connectivity index (χ0v) is 14.0. The summed E-state index contributed by atoms with van der Waals surface area (Å²) in [6.45, 7) is 0.799. The molecule has 0 amide bonds. The second-order valence-electron chi connectivity index (χ2n) is 5.71. The molecule has 2 aromatic heterocycles. The molecule has 1 aliphatic heterocycles. The molecule has 0 aliphatic carbocycles. The Kier molecular flexibility index (Phi) is 3.88. The van der Waals surface area contributed by atoms with Gasteiger partial charge in [-0.25, -0.2) is 4.98 Å². The quantitative estimate of drug-likeness (QED) is 0.766. The third-order valence-corrected chi connectivity index (χ3v) is 6.15. The van der Waals surface area contributed by atoms with Crippen LogP contribution in [0, 0.1) is 0 Å². The van der Waals surface area contributed by atoms with Gasteiger partial charge in [0.1, 0.15) is 11.0 Å². The maximum atomic E-state index is 11.9. The smallest absolute Gasteiger partial charge is 0.325 e. The molecule has 0 radical (unpaired) electrons. The summed E-state index contributed by atoms with van der Waals surface area (Å²) in [4.78, 5) is 18.7. The van der Waals surface area contributed by atoms with Crippen LogP contribution in [0.3, 0.4) is 0 Å². The fourth-order valence-corrected chi connectivity index (χ4v) is 5.10. The van der Waals surface area contributed by atoms with Crippen molar-refractivity contribution in [3.63, 3.8) is 0 Å². The molecule has 0 bridgehead atoms. The number of rotatable bonds is 4. The Balaban J connectivity index is 1.71. The summed E-state index contributed by atoms with van der Waals surface area (Å²) >= 11 is 3.22. The van der Waals surface area contributed by atoms with Crippen molar-refractivity contribution >= 4 is 38.9 Å². The van der Waals surface area contributed by atoms with Crippen molar-refractivity contribution in [3.05, 3.63) is 51.7 Å². The maximum Gasteiger partial charge on any atom is 0.325 e. The fraction of sp³-hybridized carbons (Fsp3) is 0.294. The highest BCUT2D eigenvalue weighted by molar-refractivity contribution is 7.18. The number of likely N-dealkylation sites (tertiary alicyclic amines) is 1. The molecular weight excluding hydrogens is 328 g/mol. The van der Waals surface area contributed by atoms with Crippen LogP contribution < -0.4 is 0 Å². The number of fused-ring (bicyclic) bond motifs is 1. The van der Waals surface area contributed by atoms with E-state index in [1.165, 1.54) is 0 Å². The van der Waals surface area contributed by atoms with Gasteiger partial charge in [0.05, 0.1) is 16.3 Å². The van der Waals surface area contributed by atoms with Crippen molar-refractivity contribution in [3.8, 4) is 0 Å². The highest BCUT2D eigenvalue weighted by Crippen LogP contribution is 2.41. The number of carboxylic acid groups (broad SMARTS) is 1. The van der Waals surface area contributed by atoms with Gasteiger partial charge >= 0.3 is 5.97 Å². The number of nitrogens with zero attached hydrogens (tertiary/aromatic N) is 2. The summed E-state index contributed by atoms with van der Waals surface area (Å²) in [7, 11) is 0. The van der Waals surface area contributed by atoms with E-state index in [1.54, 1.807) is 22.7 Å². The lowest BCUT2D eigenvalue weighted by molar-refractivity contribution is -0.144. The van der Waals surface area contributed by atoms with E-state index in [4.69, 9.17) is 4.98 Å². The van der Waals surface area contributed by atoms with E-state index in [1.807, 2.05) is 35.0 Å². The normalized spacial score (nSPS) is 20.1. The molecule has 118 valence electrons. The first-order chi connectivity index (χ1) is 11.2. The number of carboxylic acids is 1. The first kappa shape index (κ1) is 14.8. The number of para-hydroxylation sites is 1. The number of thiazole rings is 1. The van der Waals surface area contributed by atoms with Crippen LogP contribution in [0.1, 0.15) is 35.5 Å². The van der Waals surface area contributed by atoms with Gasteiger partial charge in [0.15, 0.2) is 0 Å². The lowest BCUT2D eigenvalue weighted by atomic mass is 10.1. The van der Waals surface area contributed by atoms with Gasteiger partial charge in [-0.2, -0.15) is 11.3 Å². The van der Waals surface area contributed by atoms with Crippen LogP contribution in [0.2, 0.25) is 0 Å². The number of aliphatic carboxylic acids is 1. The molecule has 23 heavy (non-hydrogen) atoms. The number of carbonyl (C=O) groups is 1. The molecule has 3 heterocycles. The molecular formula is C17H16N2O2S2. The van der Waals surface area contributed by atoms with Crippen LogP contribution in [0.15, 0.2) is 41.1 Å². The first-order valence-electron chi connectivity index (χ1n) is 7.60. The van der Waals surface area contributed by atoms with E-state index in [2.05, 4.69) is 11.0 Å². The van der Waals surface area contributed by atoms with Gasteiger partial charge in [-0.05, 0) is 47.4 Å². The van der Waals surface area contributed by atoms with Crippen molar-refractivity contribution in [2.75, 3.05) is 6.54 Å². The number of thiophene rings is 1. The van der Waals surface area contributed by atoms with Crippen LogP contribution in [0.25, 0.3) is 10.2 Å². The predicted molar refractivity (Wildman–Crippen MR) is 93.0 cm³/mol. The third-order valence-electron chi connectivity index (χ3n) is 4.31. The number of hydrogen-bond acceptors (Lipinski definition) is 5. The van der Waals surface area contributed by atoms with Crippen molar-refractivity contribution < 1.29 is 9.90 Å². The fourth-order valence-electron chi connectivity index (χ4n) is 3.30. The Hall–Kier alpha value is -1.76. The minimum Gasteiger partial charge on any atom is -0.480 e. The van der Waals surface area contributed by atoms with E-state index in [0.717, 1.165) is 40.2 Å². The second kappa shape index (κ2) is 6.03. The van der Waals surface area contributed by atoms with Crippen molar-refractivity contribution in [2.24, 2.45) is 0 Å². The standard InChI is InChI=1S/C17H16N2O2S2/c20-17(21)15(11-7-9-22-10-11)19-8-3-5-13(19)16-18-12-4-1-2-6-14(12)23-16/h1-2,4,6-7,9-10,13,15H,3,5,8H2,(H,20,21). The molecule has 3 aromatic rings. The van der Waals surface area contributed by atoms with E-state index >= 15 is 0 Å². The molecule has 4 rings (SSSR count). The lowest BCUT2D eigenvalue weighted by Crippen LogP contribution is -2.33. The number of aromatic nitrogens is 1. The molecule has 4 nitrogen and oxygen atoms in total. The largest absolute Gasteiger partial charge is 0.480 e. The molecule has 6 heteroatoms. The third kappa shape index (κ3) is 2.67. The SMILES string of the molecule is O=C(O)C(c1ccsc1)N1CCCC1c1nc2ccccc2s1. The molecule has 0 spiro atoms. The summed E-state index contributed by atoms with van der Waals surface area (Å²) in [6, 6.07) is 9.52. The zero-order valence-electron chi connectivity index (χ0n) is 12.4. The molecule has 1 saturated heterocycles. The van der Waals surface area contributed by atoms with Crippen LogP contribution in [0.5, 0.6) is 0 Å². The van der Waals surface area contributed by atoms with Crippen LogP contribution in [0.4, 0.5) is 0 Å². The molecule has 2 unspecified atom stereocenters. The highest BCUT2D eigenvalue weighted by Gasteiger charge is 2.38. The van der Waals surface area contributed by atoms with Gasteiger partial charge < -0.3 is 5.11 Å². The zero-order chi connectivity index (χ0) is 15.8. The predicted octanol–water partition coefficient (Wildman–Crippen LogP) is 4.32. The van der Waals surface area contributed by atoms with Crippen molar-refractivity contribution in [1.82, 2.24) is 9.88 Å². The van der Waals surface area contributed by atoms with Gasteiger partial charge in [0.2, 0.25) is 0 Å². The van der Waals surface area contributed by atoms with Crippen molar-refractivity contribution in [2.45, 2.75) is 24.9 Å². The van der Waals surface area contributed by atoms with Gasteiger partial charge in [-0.15, -0.1) is 11.3 Å². The van der Waals surface area contributed by atoms with Gasteiger partial charge in [0, 0.05) is 6.54 Å². The van der Waals surface area contributed by atoms with E-state index in [0.29, 0.717) is 0 Å². The summed E-state index contributed by atoms with van der Waals surface area (Å²) in [6.07, 6.45) is 1.97. The second-order valence-corrected chi connectivity index (χ2v) is 7.56. The topological polar surface area (TPSA) is 53.4 Å². The summed E-state index contributed by atoms with van der Waals surface area (Å²) in [5.74, 6) is -0.781. The monoisotopic (exact) mass is 344 g/mol. The Labute approximate surface area is 142 Å². The van der Waals surface area contributed by atoms with Gasteiger partial charge in [-0.1, -0.05) is 12.1 Å². The minimum atomic E-state index is -0.781. The highest BCUT2D eigenvalue weighted by atomic mass is 32.1.